The van der Waals surface area contributed by atoms with Crippen molar-refractivity contribution in [3.8, 4) is 0 Å². The molecule has 3 N–H and O–H groups in total. The molecule has 32 heavy (non-hydrogen) atoms. The van der Waals surface area contributed by atoms with Crippen LogP contribution in [0.4, 0.5) is 5.69 Å². The molecular formula is C26H27N3O3. The zero-order valence-electron chi connectivity index (χ0n) is 18.0. The predicted molar refractivity (Wildman–Crippen MR) is 125 cm³/mol. The normalized spacial score (nSPS) is 10.4. The van der Waals surface area contributed by atoms with Gasteiger partial charge in [-0.05, 0) is 35.4 Å². The van der Waals surface area contributed by atoms with E-state index >= 15 is 0 Å². The summed E-state index contributed by atoms with van der Waals surface area (Å²) in [6.07, 6.45) is 0.305. The third-order valence-electron chi connectivity index (χ3n) is 5.01. The van der Waals surface area contributed by atoms with Gasteiger partial charge in [-0.3, -0.25) is 14.4 Å². The van der Waals surface area contributed by atoms with Gasteiger partial charge in [0.15, 0.2) is 0 Å². The lowest BCUT2D eigenvalue weighted by molar-refractivity contribution is -0.119. The van der Waals surface area contributed by atoms with Crippen molar-refractivity contribution in [2.45, 2.75) is 19.3 Å². The van der Waals surface area contributed by atoms with E-state index in [4.69, 9.17) is 0 Å². The molecule has 0 aliphatic carbocycles. The van der Waals surface area contributed by atoms with Gasteiger partial charge in [-0.2, -0.15) is 0 Å². The minimum atomic E-state index is -0.235. The van der Waals surface area contributed by atoms with Gasteiger partial charge in [-0.15, -0.1) is 0 Å². The SMILES string of the molecule is CC(=O)NCCNC(=O)c1ccc(NC(=O)CC(c2ccccc2)c2ccccc2)cc1. The fourth-order valence-corrected chi connectivity index (χ4v) is 3.42. The number of benzene rings is 3. The topological polar surface area (TPSA) is 87.3 Å². The van der Waals surface area contributed by atoms with Gasteiger partial charge in [0, 0.05) is 43.6 Å². The van der Waals surface area contributed by atoms with Crippen LogP contribution < -0.4 is 16.0 Å². The average Bonchev–Trinajstić information content (AvgIpc) is 2.81. The van der Waals surface area contributed by atoms with Gasteiger partial charge in [0.25, 0.3) is 5.91 Å². The number of anilines is 1. The molecule has 164 valence electrons. The van der Waals surface area contributed by atoms with Crippen LogP contribution in [0.15, 0.2) is 84.9 Å². The number of hydrogen-bond donors (Lipinski definition) is 3. The van der Waals surface area contributed by atoms with E-state index in [-0.39, 0.29) is 23.6 Å². The van der Waals surface area contributed by atoms with E-state index < -0.39 is 0 Å². The summed E-state index contributed by atoms with van der Waals surface area (Å²) in [7, 11) is 0. The summed E-state index contributed by atoms with van der Waals surface area (Å²) in [5.41, 5.74) is 3.28. The van der Waals surface area contributed by atoms with Crippen LogP contribution in [0.2, 0.25) is 0 Å². The second-order valence-electron chi connectivity index (χ2n) is 7.44. The molecule has 6 heteroatoms. The molecule has 3 aromatic carbocycles. The highest BCUT2D eigenvalue weighted by molar-refractivity contribution is 5.96. The Morgan fingerprint density at radius 2 is 1.25 bits per heavy atom. The largest absolute Gasteiger partial charge is 0.355 e. The van der Waals surface area contributed by atoms with E-state index in [2.05, 4.69) is 16.0 Å². The van der Waals surface area contributed by atoms with Crippen molar-refractivity contribution in [1.29, 1.82) is 0 Å². The van der Waals surface area contributed by atoms with Gasteiger partial charge in [0.2, 0.25) is 11.8 Å². The smallest absolute Gasteiger partial charge is 0.251 e. The van der Waals surface area contributed by atoms with Gasteiger partial charge in [-0.1, -0.05) is 60.7 Å². The number of carbonyl (C=O) groups excluding carboxylic acids is 3. The summed E-state index contributed by atoms with van der Waals surface area (Å²) >= 11 is 0. The minimum absolute atomic E-state index is 0.0499. The molecular weight excluding hydrogens is 402 g/mol. The van der Waals surface area contributed by atoms with E-state index in [0.29, 0.717) is 30.8 Å². The molecule has 3 aromatic rings. The second-order valence-corrected chi connectivity index (χ2v) is 7.44. The van der Waals surface area contributed by atoms with Crippen LogP contribution in [0.25, 0.3) is 0 Å². The van der Waals surface area contributed by atoms with Crippen LogP contribution in [0, 0.1) is 0 Å². The van der Waals surface area contributed by atoms with Gasteiger partial charge in [-0.25, -0.2) is 0 Å². The first-order chi connectivity index (χ1) is 15.5. The molecule has 0 aromatic heterocycles. The quantitative estimate of drug-likeness (QED) is 0.453. The number of rotatable bonds is 9. The van der Waals surface area contributed by atoms with Crippen molar-refractivity contribution in [3.05, 3.63) is 102 Å². The molecule has 6 nitrogen and oxygen atoms in total. The molecule has 0 spiro atoms. The van der Waals surface area contributed by atoms with Crippen molar-refractivity contribution in [3.63, 3.8) is 0 Å². The Hall–Kier alpha value is -3.93. The molecule has 0 aliphatic heterocycles. The van der Waals surface area contributed by atoms with Crippen molar-refractivity contribution in [1.82, 2.24) is 10.6 Å². The Morgan fingerprint density at radius 3 is 1.78 bits per heavy atom. The standard InChI is InChI=1S/C26H27N3O3/c1-19(30)27-16-17-28-26(32)22-12-14-23(15-13-22)29-25(31)18-24(20-8-4-2-5-9-20)21-10-6-3-7-11-21/h2-15,24H,16-18H2,1H3,(H,27,30)(H,28,32)(H,29,31). The average molecular weight is 430 g/mol. The van der Waals surface area contributed by atoms with Crippen LogP contribution >= 0.6 is 0 Å². The first-order valence-electron chi connectivity index (χ1n) is 10.6. The second kappa shape index (κ2) is 11.5. The predicted octanol–water partition coefficient (Wildman–Crippen LogP) is 3.71. The summed E-state index contributed by atoms with van der Waals surface area (Å²) in [4.78, 5) is 35.8. The Morgan fingerprint density at radius 1 is 0.719 bits per heavy atom. The van der Waals surface area contributed by atoms with Crippen molar-refractivity contribution in [2.24, 2.45) is 0 Å². The maximum absolute atomic E-state index is 12.8. The number of amides is 3. The third kappa shape index (κ3) is 6.80. The van der Waals surface area contributed by atoms with Gasteiger partial charge < -0.3 is 16.0 Å². The molecule has 0 radical (unpaired) electrons. The summed E-state index contributed by atoms with van der Waals surface area (Å²) in [5, 5.41) is 8.28. The van der Waals surface area contributed by atoms with Crippen molar-refractivity contribution >= 4 is 23.4 Å². The summed E-state index contributed by atoms with van der Waals surface area (Å²) < 4.78 is 0. The zero-order valence-corrected chi connectivity index (χ0v) is 18.0. The maximum Gasteiger partial charge on any atom is 0.251 e. The number of hydrogen-bond acceptors (Lipinski definition) is 3. The van der Waals surface area contributed by atoms with Crippen molar-refractivity contribution < 1.29 is 14.4 Å². The van der Waals surface area contributed by atoms with Crippen LogP contribution in [0.3, 0.4) is 0 Å². The third-order valence-corrected chi connectivity index (χ3v) is 5.01. The van der Waals surface area contributed by atoms with Crippen LogP contribution in [0.5, 0.6) is 0 Å². The summed E-state index contributed by atoms with van der Waals surface area (Å²) in [6, 6.07) is 26.7. The number of carbonyl (C=O) groups is 3. The van der Waals surface area contributed by atoms with E-state index in [9.17, 15) is 14.4 Å². The highest BCUT2D eigenvalue weighted by atomic mass is 16.2. The molecule has 0 saturated heterocycles. The molecule has 0 fully saturated rings. The Balaban J connectivity index is 1.60. The van der Waals surface area contributed by atoms with E-state index in [1.54, 1.807) is 24.3 Å². The Kier molecular flexibility index (Phi) is 8.15. The van der Waals surface area contributed by atoms with Crippen LogP contribution in [-0.2, 0) is 9.59 Å². The Labute approximate surface area is 188 Å². The van der Waals surface area contributed by atoms with E-state index in [1.165, 1.54) is 6.92 Å². The molecule has 0 bridgehead atoms. The zero-order chi connectivity index (χ0) is 22.8. The molecule has 0 saturated carbocycles. The van der Waals surface area contributed by atoms with Crippen molar-refractivity contribution in [2.75, 3.05) is 18.4 Å². The van der Waals surface area contributed by atoms with Crippen LogP contribution in [-0.4, -0.2) is 30.8 Å². The summed E-state index contributed by atoms with van der Waals surface area (Å²) in [5.74, 6) is -0.524. The maximum atomic E-state index is 12.8. The molecule has 3 amide bonds. The van der Waals surface area contributed by atoms with Gasteiger partial charge >= 0.3 is 0 Å². The molecule has 0 aliphatic rings. The number of nitrogens with one attached hydrogen (secondary N) is 3. The van der Waals surface area contributed by atoms with Gasteiger partial charge in [0.05, 0.1) is 0 Å². The summed E-state index contributed by atoms with van der Waals surface area (Å²) in [6.45, 7) is 2.15. The highest BCUT2D eigenvalue weighted by Gasteiger charge is 2.18. The fourth-order valence-electron chi connectivity index (χ4n) is 3.42. The lowest BCUT2D eigenvalue weighted by Crippen LogP contribution is -2.33. The fraction of sp³-hybridized carbons (Fsp3) is 0.192. The lowest BCUT2D eigenvalue weighted by atomic mass is 9.88. The van der Waals surface area contributed by atoms with E-state index in [0.717, 1.165) is 11.1 Å². The monoisotopic (exact) mass is 429 g/mol. The van der Waals surface area contributed by atoms with Gasteiger partial charge in [0.1, 0.15) is 0 Å². The Bertz CT molecular complexity index is 995. The molecule has 0 heterocycles. The van der Waals surface area contributed by atoms with E-state index in [1.807, 2.05) is 60.7 Å². The minimum Gasteiger partial charge on any atom is -0.355 e. The molecule has 0 atom stereocenters. The highest BCUT2D eigenvalue weighted by Crippen LogP contribution is 2.28. The van der Waals surface area contributed by atoms with Crippen LogP contribution in [0.1, 0.15) is 40.7 Å². The lowest BCUT2D eigenvalue weighted by Gasteiger charge is -2.18. The first-order valence-corrected chi connectivity index (χ1v) is 10.6. The molecule has 0 unspecified atom stereocenters. The first kappa shape index (κ1) is 22.7. The molecule has 3 rings (SSSR count).